The molecular formula is C15H27NO4. The van der Waals surface area contributed by atoms with E-state index < -0.39 is 11.9 Å². The molecule has 20 heavy (non-hydrogen) atoms. The van der Waals surface area contributed by atoms with E-state index in [0.29, 0.717) is 25.3 Å². The van der Waals surface area contributed by atoms with Gasteiger partial charge in [0.05, 0.1) is 11.8 Å². The van der Waals surface area contributed by atoms with Crippen molar-refractivity contribution in [1.29, 1.82) is 0 Å². The monoisotopic (exact) mass is 285 g/mol. The van der Waals surface area contributed by atoms with Gasteiger partial charge in [-0.25, -0.2) is 0 Å². The Bertz CT molecular complexity index is 332. The number of carboxylic acids is 1. The highest BCUT2D eigenvalue weighted by Gasteiger charge is 2.42. The van der Waals surface area contributed by atoms with Gasteiger partial charge in [-0.2, -0.15) is 0 Å². The van der Waals surface area contributed by atoms with Crippen LogP contribution in [0.1, 0.15) is 45.4 Å². The van der Waals surface area contributed by atoms with Crippen molar-refractivity contribution >= 4 is 11.9 Å². The predicted molar refractivity (Wildman–Crippen MR) is 76.2 cm³/mol. The fourth-order valence-corrected chi connectivity index (χ4v) is 3.05. The quantitative estimate of drug-likeness (QED) is 0.666. The molecule has 0 aromatic carbocycles. The molecule has 0 radical (unpaired) electrons. The Morgan fingerprint density at radius 1 is 1.15 bits per heavy atom. The fraction of sp³-hybridized carbons (Fsp3) is 0.867. The summed E-state index contributed by atoms with van der Waals surface area (Å²) in [6.45, 7) is 2.87. The van der Waals surface area contributed by atoms with Gasteiger partial charge in [0.2, 0.25) is 5.91 Å². The van der Waals surface area contributed by atoms with E-state index in [0.717, 1.165) is 25.7 Å². The molecule has 0 bridgehead atoms. The molecule has 1 aliphatic carbocycles. The Balaban J connectivity index is 2.53. The number of hydrogen-bond donors (Lipinski definition) is 2. The van der Waals surface area contributed by atoms with E-state index in [1.807, 2.05) is 0 Å². The SMILES string of the molecule is CCC1C[C@H](C(=O)N(C)CCCCCO)[C@H](C(=O)O)C1. The van der Waals surface area contributed by atoms with Gasteiger partial charge in [0.15, 0.2) is 0 Å². The molecule has 5 heteroatoms. The molecule has 1 saturated carbocycles. The van der Waals surface area contributed by atoms with Crippen molar-refractivity contribution in [3.63, 3.8) is 0 Å². The molecule has 0 aromatic heterocycles. The predicted octanol–water partition coefficient (Wildman–Crippen LogP) is 1.74. The van der Waals surface area contributed by atoms with Crippen molar-refractivity contribution in [2.75, 3.05) is 20.2 Å². The summed E-state index contributed by atoms with van der Waals surface area (Å²) in [5.74, 6) is -1.40. The highest BCUT2D eigenvalue weighted by Crippen LogP contribution is 2.39. The summed E-state index contributed by atoms with van der Waals surface area (Å²) in [7, 11) is 1.75. The molecule has 1 amide bonds. The standard InChI is InChI=1S/C15H27NO4/c1-3-11-9-12(13(10-11)15(19)20)14(18)16(2)7-5-4-6-8-17/h11-13,17H,3-10H2,1-2H3,(H,19,20)/t11?,12-,13+/m0/s1. The fourth-order valence-electron chi connectivity index (χ4n) is 3.05. The average molecular weight is 285 g/mol. The zero-order valence-electron chi connectivity index (χ0n) is 12.5. The topological polar surface area (TPSA) is 77.8 Å². The van der Waals surface area contributed by atoms with Crippen LogP contribution in [0.5, 0.6) is 0 Å². The molecule has 2 N–H and O–H groups in total. The van der Waals surface area contributed by atoms with Gasteiger partial charge in [-0.05, 0) is 38.0 Å². The first-order valence-electron chi connectivity index (χ1n) is 7.59. The lowest BCUT2D eigenvalue weighted by molar-refractivity contribution is -0.148. The van der Waals surface area contributed by atoms with Crippen LogP contribution < -0.4 is 0 Å². The molecule has 1 fully saturated rings. The zero-order chi connectivity index (χ0) is 15.1. The van der Waals surface area contributed by atoms with Gasteiger partial charge in [-0.1, -0.05) is 13.3 Å². The second-order valence-electron chi connectivity index (χ2n) is 5.84. The van der Waals surface area contributed by atoms with Crippen molar-refractivity contribution in [3.8, 4) is 0 Å². The Morgan fingerprint density at radius 3 is 2.35 bits per heavy atom. The van der Waals surface area contributed by atoms with Crippen molar-refractivity contribution in [2.45, 2.75) is 45.4 Å². The maximum Gasteiger partial charge on any atom is 0.307 e. The first-order valence-corrected chi connectivity index (χ1v) is 7.59. The Labute approximate surface area is 121 Å². The number of carboxylic acid groups (broad SMARTS) is 1. The van der Waals surface area contributed by atoms with Crippen molar-refractivity contribution < 1.29 is 19.8 Å². The van der Waals surface area contributed by atoms with Crippen LogP contribution in [0.2, 0.25) is 0 Å². The van der Waals surface area contributed by atoms with Gasteiger partial charge in [0.25, 0.3) is 0 Å². The van der Waals surface area contributed by atoms with E-state index in [1.165, 1.54) is 0 Å². The van der Waals surface area contributed by atoms with Crippen LogP contribution in [0, 0.1) is 17.8 Å². The number of carbonyl (C=O) groups excluding carboxylic acids is 1. The maximum absolute atomic E-state index is 12.4. The Kier molecular flexibility index (Phi) is 6.99. The number of amides is 1. The number of carbonyl (C=O) groups is 2. The first-order chi connectivity index (χ1) is 9.51. The van der Waals surface area contributed by atoms with Crippen LogP contribution in [0.4, 0.5) is 0 Å². The van der Waals surface area contributed by atoms with E-state index in [1.54, 1.807) is 11.9 Å². The van der Waals surface area contributed by atoms with Gasteiger partial charge in [-0.15, -0.1) is 0 Å². The molecule has 1 rings (SSSR count). The molecule has 1 unspecified atom stereocenters. The van der Waals surface area contributed by atoms with Crippen LogP contribution in [0.25, 0.3) is 0 Å². The van der Waals surface area contributed by atoms with Crippen LogP contribution in [0.3, 0.4) is 0 Å². The van der Waals surface area contributed by atoms with Gasteiger partial charge >= 0.3 is 5.97 Å². The molecule has 1 aliphatic rings. The Hall–Kier alpha value is -1.10. The van der Waals surface area contributed by atoms with Gasteiger partial charge in [0, 0.05) is 20.2 Å². The van der Waals surface area contributed by atoms with Crippen LogP contribution >= 0.6 is 0 Å². The highest BCUT2D eigenvalue weighted by molar-refractivity contribution is 5.85. The largest absolute Gasteiger partial charge is 0.481 e. The number of aliphatic hydroxyl groups is 1. The van der Waals surface area contributed by atoms with E-state index in [4.69, 9.17) is 5.11 Å². The number of unbranched alkanes of at least 4 members (excludes halogenated alkanes) is 2. The van der Waals surface area contributed by atoms with E-state index in [2.05, 4.69) is 6.92 Å². The summed E-state index contributed by atoms with van der Waals surface area (Å²) in [4.78, 5) is 25.4. The molecule has 0 heterocycles. The summed E-state index contributed by atoms with van der Waals surface area (Å²) in [6.07, 6.45) is 4.76. The van der Waals surface area contributed by atoms with E-state index in [9.17, 15) is 14.7 Å². The third-order valence-corrected chi connectivity index (χ3v) is 4.40. The first kappa shape index (κ1) is 17.0. The minimum Gasteiger partial charge on any atom is -0.481 e. The molecule has 0 saturated heterocycles. The van der Waals surface area contributed by atoms with Crippen molar-refractivity contribution in [1.82, 2.24) is 4.90 Å². The molecular weight excluding hydrogens is 258 g/mol. The number of hydrogen-bond acceptors (Lipinski definition) is 3. The summed E-state index contributed by atoms with van der Waals surface area (Å²) >= 11 is 0. The second-order valence-corrected chi connectivity index (χ2v) is 5.84. The number of rotatable bonds is 8. The summed E-state index contributed by atoms with van der Waals surface area (Å²) < 4.78 is 0. The highest BCUT2D eigenvalue weighted by atomic mass is 16.4. The van der Waals surface area contributed by atoms with Crippen molar-refractivity contribution in [2.24, 2.45) is 17.8 Å². The lowest BCUT2D eigenvalue weighted by Crippen LogP contribution is -2.37. The normalized spacial score (nSPS) is 25.6. The Morgan fingerprint density at radius 2 is 1.80 bits per heavy atom. The van der Waals surface area contributed by atoms with Gasteiger partial charge in [-0.3, -0.25) is 9.59 Å². The molecule has 3 atom stereocenters. The third kappa shape index (κ3) is 4.47. The van der Waals surface area contributed by atoms with E-state index in [-0.39, 0.29) is 18.4 Å². The maximum atomic E-state index is 12.4. The number of aliphatic hydroxyl groups excluding tert-OH is 1. The minimum atomic E-state index is -0.840. The molecule has 116 valence electrons. The minimum absolute atomic E-state index is 0.0302. The third-order valence-electron chi connectivity index (χ3n) is 4.40. The second kappa shape index (κ2) is 8.25. The zero-order valence-corrected chi connectivity index (χ0v) is 12.5. The van der Waals surface area contributed by atoms with Gasteiger partial charge in [0.1, 0.15) is 0 Å². The molecule has 0 aromatic rings. The van der Waals surface area contributed by atoms with Crippen molar-refractivity contribution in [3.05, 3.63) is 0 Å². The molecule has 5 nitrogen and oxygen atoms in total. The van der Waals surface area contributed by atoms with Crippen LogP contribution in [-0.2, 0) is 9.59 Å². The van der Waals surface area contributed by atoms with Crippen LogP contribution in [-0.4, -0.2) is 47.2 Å². The number of aliphatic carboxylic acids is 1. The van der Waals surface area contributed by atoms with E-state index >= 15 is 0 Å². The molecule has 0 aliphatic heterocycles. The smallest absolute Gasteiger partial charge is 0.307 e. The summed E-state index contributed by atoms with van der Waals surface area (Å²) in [5, 5.41) is 18.0. The lowest BCUT2D eigenvalue weighted by atomic mass is 9.95. The van der Waals surface area contributed by atoms with Gasteiger partial charge < -0.3 is 15.1 Å². The summed E-state index contributed by atoms with van der Waals surface area (Å²) in [5.41, 5.74) is 0. The van der Waals surface area contributed by atoms with Crippen LogP contribution in [0.15, 0.2) is 0 Å². The summed E-state index contributed by atoms with van der Waals surface area (Å²) in [6, 6.07) is 0. The number of nitrogens with zero attached hydrogens (tertiary/aromatic N) is 1. The lowest BCUT2D eigenvalue weighted by Gasteiger charge is -2.23. The average Bonchev–Trinajstić information content (AvgIpc) is 2.87. The molecule has 0 spiro atoms.